The molecule has 1 amide bonds. The maximum absolute atomic E-state index is 12.4. The Balaban J connectivity index is 3.65. The zero-order valence-corrected chi connectivity index (χ0v) is 37.7. The highest BCUT2D eigenvalue weighted by Crippen LogP contribution is 2.12. The SMILES string of the molecule is CC/C=C\C/C=C\C/C=C\C/C=C\C/C=C\C/C=C\C/C=C\C/C=C\C/C=C\CCCCCCCCCCCC(=O)NC(CO)C(O)/C=C/CC/C=C/CC/C=C/CC. The van der Waals surface area contributed by atoms with Crippen molar-refractivity contribution in [3.8, 4) is 0 Å². The topological polar surface area (TPSA) is 69.6 Å². The van der Waals surface area contributed by atoms with E-state index in [-0.39, 0.29) is 12.5 Å². The van der Waals surface area contributed by atoms with Gasteiger partial charge in [-0.3, -0.25) is 4.79 Å². The van der Waals surface area contributed by atoms with Gasteiger partial charge in [-0.1, -0.05) is 205 Å². The summed E-state index contributed by atoms with van der Waals surface area (Å²) in [6.07, 6.45) is 78.3. The molecule has 0 rings (SSSR count). The second-order valence-corrected chi connectivity index (χ2v) is 15.0. The Morgan fingerprint density at radius 2 is 0.712 bits per heavy atom. The van der Waals surface area contributed by atoms with E-state index in [0.29, 0.717) is 6.42 Å². The number of unbranched alkanes of at least 4 members (excludes halogenated alkanes) is 11. The molecule has 4 heteroatoms. The second-order valence-electron chi connectivity index (χ2n) is 15.0. The van der Waals surface area contributed by atoms with Crippen LogP contribution in [-0.2, 0) is 4.79 Å². The van der Waals surface area contributed by atoms with Crippen molar-refractivity contribution in [3.05, 3.63) is 146 Å². The molecule has 0 saturated carbocycles. The van der Waals surface area contributed by atoms with E-state index in [9.17, 15) is 15.0 Å². The van der Waals surface area contributed by atoms with Crippen LogP contribution in [0, 0.1) is 0 Å². The van der Waals surface area contributed by atoms with Crippen LogP contribution in [0.3, 0.4) is 0 Å². The number of nitrogens with one attached hydrogen (secondary N) is 1. The lowest BCUT2D eigenvalue weighted by molar-refractivity contribution is -0.123. The quantitative estimate of drug-likeness (QED) is 0.0426. The molecule has 59 heavy (non-hydrogen) atoms. The summed E-state index contributed by atoms with van der Waals surface area (Å²) < 4.78 is 0. The molecular weight excluding hydrogens is 723 g/mol. The predicted molar refractivity (Wildman–Crippen MR) is 261 cm³/mol. The maximum atomic E-state index is 12.4. The van der Waals surface area contributed by atoms with Gasteiger partial charge in [0.05, 0.1) is 18.8 Å². The fourth-order valence-electron chi connectivity index (χ4n) is 6.03. The van der Waals surface area contributed by atoms with Crippen LogP contribution in [0.25, 0.3) is 0 Å². The van der Waals surface area contributed by atoms with Crippen molar-refractivity contribution in [3.63, 3.8) is 0 Å². The lowest BCUT2D eigenvalue weighted by Crippen LogP contribution is -2.45. The highest BCUT2D eigenvalue weighted by molar-refractivity contribution is 5.76. The van der Waals surface area contributed by atoms with Crippen LogP contribution in [-0.4, -0.2) is 34.9 Å². The van der Waals surface area contributed by atoms with Crippen LogP contribution >= 0.6 is 0 Å². The minimum atomic E-state index is -0.880. The van der Waals surface area contributed by atoms with E-state index < -0.39 is 12.1 Å². The molecule has 0 bridgehead atoms. The van der Waals surface area contributed by atoms with Gasteiger partial charge in [-0.2, -0.15) is 0 Å². The highest BCUT2D eigenvalue weighted by atomic mass is 16.3. The van der Waals surface area contributed by atoms with Crippen LogP contribution in [0.15, 0.2) is 146 Å². The number of hydrogen-bond acceptors (Lipinski definition) is 3. The molecule has 3 N–H and O–H groups in total. The molecule has 0 aliphatic rings. The lowest BCUT2D eigenvalue weighted by Gasteiger charge is -2.19. The fourth-order valence-corrected chi connectivity index (χ4v) is 6.03. The normalized spacial score (nSPS) is 14.3. The molecule has 0 saturated heterocycles. The Morgan fingerprint density at radius 3 is 1.12 bits per heavy atom. The van der Waals surface area contributed by atoms with Crippen molar-refractivity contribution in [2.45, 2.75) is 187 Å². The van der Waals surface area contributed by atoms with Gasteiger partial charge in [0, 0.05) is 6.42 Å². The third-order valence-corrected chi connectivity index (χ3v) is 9.55. The monoisotopic (exact) mass is 810 g/mol. The molecule has 0 aliphatic carbocycles. The number of hydrogen-bond donors (Lipinski definition) is 3. The van der Waals surface area contributed by atoms with Gasteiger partial charge in [-0.25, -0.2) is 0 Å². The third kappa shape index (κ3) is 45.2. The average Bonchev–Trinajstić information content (AvgIpc) is 3.24. The van der Waals surface area contributed by atoms with E-state index in [0.717, 1.165) is 109 Å². The molecule has 0 aromatic carbocycles. The summed E-state index contributed by atoms with van der Waals surface area (Å²) in [4.78, 5) is 12.4. The lowest BCUT2D eigenvalue weighted by atomic mass is 10.1. The number of rotatable bonds is 40. The molecular formula is C55H87NO3. The van der Waals surface area contributed by atoms with Gasteiger partial charge in [-0.05, 0) is 109 Å². The van der Waals surface area contributed by atoms with Crippen molar-refractivity contribution in [2.24, 2.45) is 0 Å². The zero-order chi connectivity index (χ0) is 42.8. The molecule has 0 aromatic heterocycles. The van der Waals surface area contributed by atoms with Crippen molar-refractivity contribution in [1.29, 1.82) is 0 Å². The summed E-state index contributed by atoms with van der Waals surface area (Å²) in [6, 6.07) is -0.657. The largest absolute Gasteiger partial charge is 0.394 e. The summed E-state index contributed by atoms with van der Waals surface area (Å²) in [5.74, 6) is -0.0952. The first-order chi connectivity index (χ1) is 29.2. The number of aliphatic hydroxyl groups is 2. The van der Waals surface area contributed by atoms with E-state index >= 15 is 0 Å². The van der Waals surface area contributed by atoms with Gasteiger partial charge < -0.3 is 15.5 Å². The summed E-state index contributed by atoms with van der Waals surface area (Å²) in [5, 5.41) is 22.9. The van der Waals surface area contributed by atoms with E-state index in [2.05, 4.69) is 153 Å². The molecule has 0 spiro atoms. The first-order valence-electron chi connectivity index (χ1n) is 23.5. The van der Waals surface area contributed by atoms with Gasteiger partial charge in [-0.15, -0.1) is 0 Å². The zero-order valence-electron chi connectivity index (χ0n) is 37.7. The Labute approximate surface area is 363 Å². The molecule has 4 nitrogen and oxygen atoms in total. The number of carbonyl (C=O) groups is 1. The summed E-state index contributed by atoms with van der Waals surface area (Å²) >= 11 is 0. The van der Waals surface area contributed by atoms with E-state index in [4.69, 9.17) is 0 Å². The first-order valence-corrected chi connectivity index (χ1v) is 23.5. The third-order valence-electron chi connectivity index (χ3n) is 9.55. The van der Waals surface area contributed by atoms with Gasteiger partial charge in [0.1, 0.15) is 0 Å². The Hall–Kier alpha value is -3.73. The predicted octanol–water partition coefficient (Wildman–Crippen LogP) is 15.3. The first kappa shape index (κ1) is 55.3. The van der Waals surface area contributed by atoms with Crippen LogP contribution in [0.4, 0.5) is 0 Å². The fraction of sp³-hybridized carbons (Fsp3) is 0.545. The molecule has 0 aliphatic heterocycles. The van der Waals surface area contributed by atoms with Gasteiger partial charge in [0.25, 0.3) is 0 Å². The molecule has 0 heterocycles. The van der Waals surface area contributed by atoms with Crippen molar-refractivity contribution in [1.82, 2.24) is 5.32 Å². The molecule has 2 unspecified atom stereocenters. The van der Waals surface area contributed by atoms with E-state index in [1.165, 1.54) is 44.9 Å². The van der Waals surface area contributed by atoms with Crippen LogP contribution in [0.5, 0.6) is 0 Å². The number of allylic oxidation sites excluding steroid dienone is 23. The minimum absolute atomic E-state index is 0.0952. The Bertz CT molecular complexity index is 1280. The summed E-state index contributed by atoms with van der Waals surface area (Å²) in [6.45, 7) is 4.03. The molecule has 330 valence electrons. The number of carbonyl (C=O) groups excluding carboxylic acids is 1. The smallest absolute Gasteiger partial charge is 0.220 e. The van der Waals surface area contributed by atoms with Gasteiger partial charge in [0.15, 0.2) is 0 Å². The Kier molecular flexibility index (Phi) is 45.6. The summed E-state index contributed by atoms with van der Waals surface area (Å²) in [5.41, 5.74) is 0. The maximum Gasteiger partial charge on any atom is 0.220 e. The number of amides is 1. The van der Waals surface area contributed by atoms with Crippen LogP contribution < -0.4 is 5.32 Å². The van der Waals surface area contributed by atoms with Gasteiger partial charge >= 0.3 is 0 Å². The minimum Gasteiger partial charge on any atom is -0.394 e. The summed E-state index contributed by atoms with van der Waals surface area (Å²) in [7, 11) is 0. The molecule has 2 atom stereocenters. The van der Waals surface area contributed by atoms with Crippen molar-refractivity contribution >= 4 is 5.91 Å². The van der Waals surface area contributed by atoms with Crippen molar-refractivity contribution < 1.29 is 15.0 Å². The molecule has 0 fully saturated rings. The van der Waals surface area contributed by atoms with E-state index in [1.807, 2.05) is 6.08 Å². The molecule has 0 aromatic rings. The van der Waals surface area contributed by atoms with Crippen LogP contribution in [0.2, 0.25) is 0 Å². The van der Waals surface area contributed by atoms with E-state index in [1.54, 1.807) is 6.08 Å². The number of aliphatic hydroxyl groups excluding tert-OH is 2. The Morgan fingerprint density at radius 1 is 0.407 bits per heavy atom. The highest BCUT2D eigenvalue weighted by Gasteiger charge is 2.17. The van der Waals surface area contributed by atoms with Gasteiger partial charge in [0.2, 0.25) is 5.91 Å². The second kappa shape index (κ2) is 48.6. The molecule has 0 radical (unpaired) electrons. The van der Waals surface area contributed by atoms with Crippen molar-refractivity contribution in [2.75, 3.05) is 6.61 Å². The van der Waals surface area contributed by atoms with Crippen LogP contribution in [0.1, 0.15) is 174 Å². The standard InChI is InChI=1S/C55H87NO3/c1-3-5-7-9-11-13-15-16-17-18-19-20-21-22-23-24-25-26-27-28-29-30-31-32-33-34-35-36-37-38-39-40-41-43-45-47-49-51-55(59)56-53(52-57)54(58)50-48-46-44-42-14-12-10-8-6-4-2/h5-8,11,13-14,16-17,19-20,22-23,25-26,28-29,31-32,34-35,42,48,50,53-54,57-58H,3-4,9-10,12,15,18,21,24,27,30,33,36-41,43-47,49,51-52H2,1-2H3,(H,56,59)/b7-5-,8-6+,13-11-,17-16-,20-19-,23-22-,26-25-,29-28-,32-31-,35-34-,42-14+,50-48+. The average molecular weight is 810 g/mol.